The monoisotopic (exact) mass is 241 g/mol. The van der Waals surface area contributed by atoms with Crippen LogP contribution in [-0.2, 0) is 0 Å². The Morgan fingerprint density at radius 1 is 1.47 bits per heavy atom. The molecule has 0 aliphatic carbocycles. The summed E-state index contributed by atoms with van der Waals surface area (Å²) in [7, 11) is 0. The molecule has 0 spiro atoms. The fourth-order valence-electron chi connectivity index (χ4n) is 1.81. The highest BCUT2D eigenvalue weighted by molar-refractivity contribution is 5.37. The Labute approximate surface area is 101 Å². The Bertz CT molecular complexity index is 380. The first-order valence-electron chi connectivity index (χ1n) is 5.75. The Balaban J connectivity index is 2.64. The lowest BCUT2D eigenvalue weighted by atomic mass is 9.94. The number of hydrogen-bond acceptors (Lipinski definition) is 4. The number of aromatic nitrogens is 2. The highest BCUT2D eigenvalue weighted by atomic mass is 19.1. The number of nitrogens with zero attached hydrogens (tertiary/aromatic N) is 2. The molecule has 1 unspecified atom stereocenters. The van der Waals surface area contributed by atoms with Crippen LogP contribution < -0.4 is 5.32 Å². The lowest BCUT2D eigenvalue weighted by Gasteiger charge is -2.25. The molecule has 0 aliphatic rings. The standard InChI is InChI=1S/C12H20FN3O/c1-8(2)5-12(4,17)6-14-11-10(13)9(3)15-7-16-11/h7-8,17H,5-6H2,1-4H3,(H,14,15,16). The maximum atomic E-state index is 13.6. The third kappa shape index (κ3) is 4.26. The average Bonchev–Trinajstić information content (AvgIpc) is 2.18. The summed E-state index contributed by atoms with van der Waals surface area (Å²) in [6, 6.07) is 0. The zero-order chi connectivity index (χ0) is 13.1. The molecule has 0 amide bonds. The molecule has 4 nitrogen and oxygen atoms in total. The van der Waals surface area contributed by atoms with Crippen molar-refractivity contribution >= 4 is 5.82 Å². The van der Waals surface area contributed by atoms with Gasteiger partial charge in [-0.15, -0.1) is 0 Å². The third-order valence-electron chi connectivity index (χ3n) is 2.45. The lowest BCUT2D eigenvalue weighted by Crippen LogP contribution is -2.35. The molecular weight excluding hydrogens is 221 g/mol. The summed E-state index contributed by atoms with van der Waals surface area (Å²) < 4.78 is 13.6. The van der Waals surface area contributed by atoms with E-state index in [0.29, 0.717) is 18.0 Å². The molecule has 2 N–H and O–H groups in total. The molecule has 5 heteroatoms. The molecule has 0 aromatic carbocycles. The van der Waals surface area contributed by atoms with Crippen molar-refractivity contribution in [1.82, 2.24) is 9.97 Å². The van der Waals surface area contributed by atoms with E-state index in [-0.39, 0.29) is 12.4 Å². The maximum absolute atomic E-state index is 13.6. The smallest absolute Gasteiger partial charge is 0.186 e. The average molecular weight is 241 g/mol. The first-order chi connectivity index (χ1) is 7.82. The molecule has 1 rings (SSSR count). The first kappa shape index (κ1) is 13.8. The van der Waals surface area contributed by atoms with Crippen LogP contribution in [-0.4, -0.2) is 27.2 Å². The molecule has 0 saturated heterocycles. The predicted molar refractivity (Wildman–Crippen MR) is 65.3 cm³/mol. The lowest BCUT2D eigenvalue weighted by molar-refractivity contribution is 0.0514. The number of rotatable bonds is 5. The van der Waals surface area contributed by atoms with Gasteiger partial charge >= 0.3 is 0 Å². The molecular formula is C12H20FN3O. The fraction of sp³-hybridized carbons (Fsp3) is 0.667. The number of nitrogens with one attached hydrogen (secondary N) is 1. The van der Waals surface area contributed by atoms with Crippen molar-refractivity contribution in [3.63, 3.8) is 0 Å². The fourth-order valence-corrected chi connectivity index (χ4v) is 1.81. The van der Waals surface area contributed by atoms with Crippen LogP contribution in [0.5, 0.6) is 0 Å². The van der Waals surface area contributed by atoms with Gasteiger partial charge in [0.15, 0.2) is 11.6 Å². The van der Waals surface area contributed by atoms with Gasteiger partial charge in [-0.1, -0.05) is 13.8 Å². The number of halogens is 1. The highest BCUT2D eigenvalue weighted by Gasteiger charge is 2.22. The Hall–Kier alpha value is -1.23. The Morgan fingerprint density at radius 2 is 2.12 bits per heavy atom. The predicted octanol–water partition coefficient (Wildman–Crippen LogP) is 2.13. The van der Waals surface area contributed by atoms with Gasteiger partial charge < -0.3 is 10.4 Å². The molecule has 0 aliphatic heterocycles. The van der Waals surface area contributed by atoms with Crippen LogP contribution in [0.4, 0.5) is 10.2 Å². The van der Waals surface area contributed by atoms with Gasteiger partial charge in [0.05, 0.1) is 11.3 Å². The first-order valence-corrected chi connectivity index (χ1v) is 5.75. The summed E-state index contributed by atoms with van der Waals surface area (Å²) in [5, 5.41) is 12.9. The van der Waals surface area contributed by atoms with Crippen molar-refractivity contribution < 1.29 is 9.50 Å². The number of hydrogen-bond donors (Lipinski definition) is 2. The molecule has 0 fully saturated rings. The highest BCUT2D eigenvalue weighted by Crippen LogP contribution is 2.18. The maximum Gasteiger partial charge on any atom is 0.186 e. The second-order valence-electron chi connectivity index (χ2n) is 5.07. The van der Waals surface area contributed by atoms with Crippen molar-refractivity contribution in [3.8, 4) is 0 Å². The van der Waals surface area contributed by atoms with Crippen LogP contribution in [0.1, 0.15) is 32.9 Å². The molecule has 96 valence electrons. The minimum atomic E-state index is -0.876. The summed E-state index contributed by atoms with van der Waals surface area (Å²) in [4.78, 5) is 7.56. The van der Waals surface area contributed by atoms with E-state index >= 15 is 0 Å². The number of aryl methyl sites for hydroxylation is 1. The Kier molecular flexibility index (Phi) is 4.40. The zero-order valence-electron chi connectivity index (χ0n) is 10.8. The second-order valence-corrected chi connectivity index (χ2v) is 5.07. The SMILES string of the molecule is Cc1ncnc(NCC(C)(O)CC(C)C)c1F. The van der Waals surface area contributed by atoms with Crippen LogP contribution in [0.15, 0.2) is 6.33 Å². The van der Waals surface area contributed by atoms with Gasteiger partial charge in [-0.3, -0.25) is 0 Å². The van der Waals surface area contributed by atoms with Crippen molar-refractivity contribution in [2.45, 2.75) is 39.7 Å². The van der Waals surface area contributed by atoms with Crippen LogP contribution >= 0.6 is 0 Å². The molecule has 1 aromatic rings. The van der Waals surface area contributed by atoms with Crippen molar-refractivity contribution in [2.75, 3.05) is 11.9 Å². The quantitative estimate of drug-likeness (QED) is 0.829. The molecule has 1 heterocycles. The summed E-state index contributed by atoms with van der Waals surface area (Å²) >= 11 is 0. The summed E-state index contributed by atoms with van der Waals surface area (Å²) in [5.41, 5.74) is -0.578. The summed E-state index contributed by atoms with van der Waals surface area (Å²) in [6.07, 6.45) is 1.95. The largest absolute Gasteiger partial charge is 0.388 e. The van der Waals surface area contributed by atoms with Crippen LogP contribution in [0.2, 0.25) is 0 Å². The Morgan fingerprint density at radius 3 is 2.71 bits per heavy atom. The van der Waals surface area contributed by atoms with E-state index in [1.54, 1.807) is 13.8 Å². The van der Waals surface area contributed by atoms with Crippen LogP contribution in [0, 0.1) is 18.7 Å². The van der Waals surface area contributed by atoms with Gasteiger partial charge in [0.1, 0.15) is 6.33 Å². The van der Waals surface area contributed by atoms with E-state index in [1.165, 1.54) is 6.33 Å². The zero-order valence-corrected chi connectivity index (χ0v) is 10.8. The van der Waals surface area contributed by atoms with Gasteiger partial charge in [0, 0.05) is 6.54 Å². The van der Waals surface area contributed by atoms with Gasteiger partial charge in [-0.25, -0.2) is 14.4 Å². The summed E-state index contributed by atoms with van der Waals surface area (Å²) in [5.74, 6) is 0.0539. The van der Waals surface area contributed by atoms with Gasteiger partial charge in [0.2, 0.25) is 0 Å². The van der Waals surface area contributed by atoms with E-state index < -0.39 is 11.4 Å². The van der Waals surface area contributed by atoms with Crippen molar-refractivity contribution in [2.24, 2.45) is 5.92 Å². The van der Waals surface area contributed by atoms with Crippen molar-refractivity contribution in [1.29, 1.82) is 0 Å². The normalized spacial score (nSPS) is 14.8. The molecule has 1 aromatic heterocycles. The van der Waals surface area contributed by atoms with Crippen molar-refractivity contribution in [3.05, 3.63) is 17.8 Å². The topological polar surface area (TPSA) is 58.0 Å². The summed E-state index contributed by atoms with van der Waals surface area (Å²) in [6.45, 7) is 7.63. The van der Waals surface area contributed by atoms with Gasteiger partial charge in [-0.05, 0) is 26.2 Å². The van der Waals surface area contributed by atoms with Crippen LogP contribution in [0.25, 0.3) is 0 Å². The second kappa shape index (κ2) is 5.40. The van der Waals surface area contributed by atoms with E-state index in [4.69, 9.17) is 0 Å². The van der Waals surface area contributed by atoms with E-state index in [0.717, 1.165) is 0 Å². The molecule has 0 bridgehead atoms. The van der Waals surface area contributed by atoms with E-state index in [9.17, 15) is 9.50 Å². The van der Waals surface area contributed by atoms with E-state index in [1.807, 2.05) is 13.8 Å². The number of anilines is 1. The minimum absolute atomic E-state index is 0.140. The van der Waals surface area contributed by atoms with Gasteiger partial charge in [-0.2, -0.15) is 0 Å². The molecule has 17 heavy (non-hydrogen) atoms. The van der Waals surface area contributed by atoms with Gasteiger partial charge in [0.25, 0.3) is 0 Å². The molecule has 1 atom stereocenters. The van der Waals surface area contributed by atoms with E-state index in [2.05, 4.69) is 15.3 Å². The minimum Gasteiger partial charge on any atom is -0.388 e. The number of aliphatic hydroxyl groups is 1. The van der Waals surface area contributed by atoms with Crippen LogP contribution in [0.3, 0.4) is 0 Å². The molecule has 0 radical (unpaired) electrons. The third-order valence-corrected chi connectivity index (χ3v) is 2.45. The molecule has 0 saturated carbocycles.